The first-order valence-corrected chi connectivity index (χ1v) is 6.14. The van der Waals surface area contributed by atoms with E-state index in [1.165, 1.54) is 0 Å². The number of nitrogen functional groups attached to an aromatic ring is 1. The van der Waals surface area contributed by atoms with E-state index in [2.05, 4.69) is 20.8 Å². The number of anilines is 1. The summed E-state index contributed by atoms with van der Waals surface area (Å²) in [5.41, 5.74) is 7.67. The molecule has 3 nitrogen and oxygen atoms in total. The van der Waals surface area contributed by atoms with Crippen molar-refractivity contribution in [3.63, 3.8) is 0 Å². The minimum atomic E-state index is 0.0266. The molecule has 92 valence electrons. The van der Waals surface area contributed by atoms with E-state index in [9.17, 15) is 0 Å². The van der Waals surface area contributed by atoms with Gasteiger partial charge < -0.3 is 10.6 Å². The Morgan fingerprint density at radius 3 is 2.65 bits per heavy atom. The molecule has 0 amide bonds. The fourth-order valence-corrected chi connectivity index (χ4v) is 1.95. The van der Waals surface area contributed by atoms with Crippen LogP contribution < -0.4 is 10.6 Å². The highest BCUT2D eigenvalue weighted by Crippen LogP contribution is 2.34. The predicted octanol–water partition coefficient (Wildman–Crippen LogP) is 3.43. The van der Waals surface area contributed by atoms with Crippen LogP contribution in [0.15, 0.2) is 24.4 Å². The fourth-order valence-electron chi connectivity index (χ4n) is 1.95. The molecular formula is C14H20N2O. The number of nitrogens with two attached hydrogens (primary N) is 1. The summed E-state index contributed by atoms with van der Waals surface area (Å²) in [5.74, 6) is 0.834. The lowest BCUT2D eigenvalue weighted by Crippen LogP contribution is -2.45. The Balaban J connectivity index is 2.32. The minimum absolute atomic E-state index is 0.0266. The summed E-state index contributed by atoms with van der Waals surface area (Å²) in [6.45, 7) is 6.56. The summed E-state index contributed by atoms with van der Waals surface area (Å²) in [4.78, 5) is 5.93. The maximum absolute atomic E-state index is 5.93. The third-order valence-corrected chi connectivity index (χ3v) is 3.73. The van der Waals surface area contributed by atoms with E-state index in [0.717, 1.165) is 29.8 Å². The van der Waals surface area contributed by atoms with Crippen LogP contribution in [0.1, 0.15) is 39.2 Å². The molecule has 0 saturated heterocycles. The van der Waals surface area contributed by atoms with Gasteiger partial charge in [-0.05, 0) is 38.0 Å². The molecule has 0 spiro atoms. The molecule has 1 aliphatic rings. The highest BCUT2D eigenvalue weighted by atomic mass is 16.7. The monoisotopic (exact) mass is 232 g/mol. The van der Waals surface area contributed by atoms with E-state index in [1.807, 2.05) is 35.5 Å². The third-order valence-electron chi connectivity index (χ3n) is 3.73. The van der Waals surface area contributed by atoms with Crippen LogP contribution in [0.3, 0.4) is 0 Å². The van der Waals surface area contributed by atoms with Gasteiger partial charge in [0.15, 0.2) is 5.75 Å². The van der Waals surface area contributed by atoms with Crippen LogP contribution in [0.2, 0.25) is 0 Å². The lowest BCUT2D eigenvalue weighted by atomic mass is 9.95. The molecule has 0 unspecified atom stereocenters. The van der Waals surface area contributed by atoms with Gasteiger partial charge >= 0.3 is 0 Å². The second-order valence-electron chi connectivity index (χ2n) is 4.70. The zero-order chi connectivity index (χ0) is 12.5. The first kappa shape index (κ1) is 11.8. The van der Waals surface area contributed by atoms with Gasteiger partial charge in [0.1, 0.15) is 0 Å². The molecule has 3 heteroatoms. The lowest BCUT2D eigenvalue weighted by Gasteiger charge is -2.40. The van der Waals surface area contributed by atoms with Crippen molar-refractivity contribution in [1.29, 1.82) is 0 Å². The smallest absolute Gasteiger partial charge is 0.164 e. The molecule has 1 heterocycles. The van der Waals surface area contributed by atoms with Gasteiger partial charge in [-0.2, -0.15) is 0 Å². The highest BCUT2D eigenvalue weighted by molar-refractivity contribution is 5.71. The summed E-state index contributed by atoms with van der Waals surface area (Å²) in [6.07, 6.45) is 6.07. The van der Waals surface area contributed by atoms with Crippen LogP contribution in [-0.4, -0.2) is 10.6 Å². The molecule has 2 rings (SSSR count). The van der Waals surface area contributed by atoms with Crippen LogP contribution in [-0.2, 0) is 0 Å². The van der Waals surface area contributed by atoms with E-state index in [1.54, 1.807) is 0 Å². The molecule has 0 aliphatic carbocycles. The number of rotatable bonds is 3. The van der Waals surface area contributed by atoms with Gasteiger partial charge in [0.2, 0.25) is 0 Å². The number of nitrogens with zero attached hydrogens (tertiary/aromatic N) is 1. The van der Waals surface area contributed by atoms with Crippen molar-refractivity contribution in [2.75, 3.05) is 5.73 Å². The number of hydroxylamine groups is 2. The van der Waals surface area contributed by atoms with Gasteiger partial charge in [-0.3, -0.25) is 0 Å². The fraction of sp³-hybridized carbons (Fsp3) is 0.429. The van der Waals surface area contributed by atoms with Crippen molar-refractivity contribution < 1.29 is 4.84 Å². The molecule has 0 radical (unpaired) electrons. The molecule has 1 aromatic rings. The molecule has 2 N–H and O–H groups in total. The van der Waals surface area contributed by atoms with Crippen LogP contribution in [0.5, 0.6) is 5.75 Å². The number of hydrogen-bond donors (Lipinski definition) is 1. The maximum Gasteiger partial charge on any atom is 0.164 e. The van der Waals surface area contributed by atoms with Gasteiger partial charge in [-0.25, -0.2) is 5.06 Å². The SMILES string of the molecule is CCC(C)(CC)N1C=Cc2c(N)cccc2O1. The quantitative estimate of drug-likeness (QED) is 0.811. The van der Waals surface area contributed by atoms with Crippen molar-refractivity contribution in [3.05, 3.63) is 30.0 Å². The third kappa shape index (κ3) is 1.97. The summed E-state index contributed by atoms with van der Waals surface area (Å²) in [6, 6.07) is 5.76. The van der Waals surface area contributed by atoms with Crippen LogP contribution in [0.25, 0.3) is 6.08 Å². The van der Waals surface area contributed by atoms with Crippen LogP contribution >= 0.6 is 0 Å². The Morgan fingerprint density at radius 2 is 2.00 bits per heavy atom. The molecule has 0 fully saturated rings. The molecule has 1 aliphatic heterocycles. The Labute approximate surface area is 103 Å². The zero-order valence-corrected chi connectivity index (χ0v) is 10.7. The zero-order valence-electron chi connectivity index (χ0n) is 10.7. The van der Waals surface area contributed by atoms with Crippen molar-refractivity contribution in [2.24, 2.45) is 0 Å². The molecule has 0 aromatic heterocycles. The number of fused-ring (bicyclic) bond motifs is 1. The van der Waals surface area contributed by atoms with E-state index in [4.69, 9.17) is 10.6 Å². The Morgan fingerprint density at radius 1 is 1.29 bits per heavy atom. The molecule has 17 heavy (non-hydrogen) atoms. The molecule has 0 bridgehead atoms. The van der Waals surface area contributed by atoms with Gasteiger partial charge in [0, 0.05) is 17.5 Å². The number of hydrogen-bond acceptors (Lipinski definition) is 3. The van der Waals surface area contributed by atoms with E-state index >= 15 is 0 Å². The van der Waals surface area contributed by atoms with Crippen molar-refractivity contribution >= 4 is 11.8 Å². The topological polar surface area (TPSA) is 38.5 Å². The number of benzene rings is 1. The van der Waals surface area contributed by atoms with E-state index < -0.39 is 0 Å². The average Bonchev–Trinajstić information content (AvgIpc) is 2.37. The average molecular weight is 232 g/mol. The molecule has 1 aromatic carbocycles. The summed E-state index contributed by atoms with van der Waals surface area (Å²) in [5, 5.41) is 1.94. The van der Waals surface area contributed by atoms with Gasteiger partial charge in [0.25, 0.3) is 0 Å². The Hall–Kier alpha value is -1.64. The standard InChI is InChI=1S/C14H20N2O/c1-4-14(3,5-2)16-10-9-11-12(15)7-6-8-13(11)17-16/h6-10H,4-5,15H2,1-3H3. The second kappa shape index (κ2) is 4.32. The summed E-state index contributed by atoms with van der Waals surface area (Å²) < 4.78 is 0. The normalized spacial score (nSPS) is 14.4. The summed E-state index contributed by atoms with van der Waals surface area (Å²) >= 11 is 0. The van der Waals surface area contributed by atoms with Crippen molar-refractivity contribution in [3.8, 4) is 5.75 Å². The van der Waals surface area contributed by atoms with Gasteiger partial charge in [0.05, 0.1) is 5.54 Å². The van der Waals surface area contributed by atoms with Crippen molar-refractivity contribution in [1.82, 2.24) is 5.06 Å². The maximum atomic E-state index is 5.93. The highest BCUT2D eigenvalue weighted by Gasteiger charge is 2.30. The van der Waals surface area contributed by atoms with E-state index in [-0.39, 0.29) is 5.54 Å². The minimum Gasteiger partial charge on any atom is -0.398 e. The lowest BCUT2D eigenvalue weighted by molar-refractivity contribution is -0.0996. The van der Waals surface area contributed by atoms with Gasteiger partial charge in [-0.1, -0.05) is 19.9 Å². The van der Waals surface area contributed by atoms with Crippen molar-refractivity contribution in [2.45, 2.75) is 39.2 Å². The largest absolute Gasteiger partial charge is 0.398 e. The Kier molecular flexibility index (Phi) is 3.01. The molecular weight excluding hydrogens is 212 g/mol. The first-order valence-electron chi connectivity index (χ1n) is 6.14. The molecule has 0 saturated carbocycles. The van der Waals surface area contributed by atoms with E-state index in [0.29, 0.717) is 0 Å². The van der Waals surface area contributed by atoms with Gasteiger partial charge in [-0.15, -0.1) is 0 Å². The first-order chi connectivity index (χ1) is 8.10. The Bertz CT molecular complexity index is 436. The molecule has 0 atom stereocenters. The van der Waals surface area contributed by atoms with Crippen LogP contribution in [0.4, 0.5) is 5.69 Å². The van der Waals surface area contributed by atoms with Crippen LogP contribution in [0, 0.1) is 0 Å². The summed E-state index contributed by atoms with van der Waals surface area (Å²) in [7, 11) is 0. The second-order valence-corrected chi connectivity index (χ2v) is 4.70. The predicted molar refractivity (Wildman–Crippen MR) is 71.3 cm³/mol.